The van der Waals surface area contributed by atoms with E-state index in [0.717, 1.165) is 35.9 Å². The Bertz CT molecular complexity index is 1180. The van der Waals surface area contributed by atoms with E-state index in [2.05, 4.69) is 12.2 Å². The van der Waals surface area contributed by atoms with Crippen LogP contribution in [0.2, 0.25) is 0 Å². The Kier molecular flexibility index (Phi) is 6.19. The van der Waals surface area contributed by atoms with Gasteiger partial charge in [0, 0.05) is 23.1 Å². The number of carbonyl (C=O) groups excluding carboxylic acids is 1. The number of sulfone groups is 1. The molecule has 1 aromatic heterocycles. The molecule has 2 unspecified atom stereocenters. The molecule has 3 aromatic rings. The third-order valence-corrected chi connectivity index (χ3v) is 8.05. The second kappa shape index (κ2) is 8.87. The number of amides is 1. The van der Waals surface area contributed by atoms with Crippen LogP contribution in [-0.4, -0.2) is 24.9 Å². The van der Waals surface area contributed by atoms with Crippen LogP contribution in [0.15, 0.2) is 59.6 Å². The molecule has 0 aliphatic heterocycles. The van der Waals surface area contributed by atoms with E-state index < -0.39 is 9.84 Å². The fraction of sp³-hybridized carbons (Fsp3) is 0.400. The van der Waals surface area contributed by atoms with Gasteiger partial charge in [-0.15, -0.1) is 0 Å². The smallest absolute Gasteiger partial charge is 0.240 e. The minimum atomic E-state index is -3.56. The van der Waals surface area contributed by atoms with Crippen molar-refractivity contribution in [3.63, 3.8) is 0 Å². The molecule has 6 heteroatoms. The highest BCUT2D eigenvalue weighted by Crippen LogP contribution is 2.28. The van der Waals surface area contributed by atoms with Gasteiger partial charge in [0.1, 0.15) is 6.54 Å². The molecule has 2 atom stereocenters. The average Bonchev–Trinajstić information content (AvgIpc) is 3.11. The van der Waals surface area contributed by atoms with Crippen LogP contribution < -0.4 is 5.32 Å². The van der Waals surface area contributed by atoms with E-state index in [1.54, 1.807) is 10.8 Å². The van der Waals surface area contributed by atoms with Gasteiger partial charge in [0.2, 0.25) is 5.91 Å². The summed E-state index contributed by atoms with van der Waals surface area (Å²) >= 11 is 0. The second-order valence-corrected chi connectivity index (χ2v) is 10.8. The van der Waals surface area contributed by atoms with Gasteiger partial charge in [0.05, 0.1) is 10.6 Å². The molecule has 1 heterocycles. The maximum Gasteiger partial charge on any atom is 0.240 e. The number of para-hydroxylation sites is 1. The molecule has 1 N–H and O–H groups in total. The first kappa shape index (κ1) is 21.6. The van der Waals surface area contributed by atoms with E-state index in [9.17, 15) is 13.2 Å². The van der Waals surface area contributed by atoms with Gasteiger partial charge in [-0.05, 0) is 37.3 Å². The van der Waals surface area contributed by atoms with Crippen molar-refractivity contribution in [1.29, 1.82) is 0 Å². The molecule has 4 rings (SSSR count). The van der Waals surface area contributed by atoms with Crippen LogP contribution in [0, 0.1) is 12.8 Å². The summed E-state index contributed by atoms with van der Waals surface area (Å²) in [5.74, 6) is 0.346. The van der Waals surface area contributed by atoms with Gasteiger partial charge < -0.3 is 9.88 Å². The van der Waals surface area contributed by atoms with E-state index in [1.807, 2.05) is 55.5 Å². The summed E-state index contributed by atoms with van der Waals surface area (Å²) in [5, 5.41) is 3.83. The lowest BCUT2D eigenvalue weighted by atomic mass is 9.86. The van der Waals surface area contributed by atoms with Crippen molar-refractivity contribution in [1.82, 2.24) is 9.88 Å². The summed E-state index contributed by atoms with van der Waals surface area (Å²) in [4.78, 5) is 13.1. The number of aromatic nitrogens is 1. The van der Waals surface area contributed by atoms with Crippen LogP contribution in [0.25, 0.3) is 10.9 Å². The zero-order valence-corrected chi connectivity index (χ0v) is 19.0. The van der Waals surface area contributed by atoms with E-state index in [1.165, 1.54) is 6.42 Å². The minimum absolute atomic E-state index is 0.0624. The Balaban J connectivity index is 1.59. The van der Waals surface area contributed by atoms with E-state index >= 15 is 0 Å². The molecule has 164 valence electrons. The second-order valence-electron chi connectivity index (χ2n) is 8.82. The average molecular weight is 439 g/mol. The van der Waals surface area contributed by atoms with E-state index in [0.29, 0.717) is 11.3 Å². The molecule has 1 aliphatic carbocycles. The fourth-order valence-corrected chi connectivity index (χ4v) is 6.09. The lowest BCUT2D eigenvalue weighted by Crippen LogP contribution is -2.42. The van der Waals surface area contributed by atoms with Gasteiger partial charge >= 0.3 is 0 Å². The zero-order valence-electron chi connectivity index (χ0n) is 18.2. The molecule has 5 nitrogen and oxygen atoms in total. The van der Waals surface area contributed by atoms with Crippen molar-refractivity contribution in [3.8, 4) is 0 Å². The maximum absolute atomic E-state index is 13.2. The molecule has 0 saturated heterocycles. The Hall–Kier alpha value is -2.60. The molecular formula is C25H30N2O3S. The SMILES string of the molecule is Cc1ccc(CS(=O)(=O)c2cn(CC(=O)NC3CCCCC3C)c3ccccc23)cc1. The Morgan fingerprint density at radius 1 is 1.06 bits per heavy atom. The van der Waals surface area contributed by atoms with E-state index in [4.69, 9.17) is 0 Å². The highest BCUT2D eigenvalue weighted by molar-refractivity contribution is 7.90. The molecule has 2 aromatic carbocycles. The molecule has 0 spiro atoms. The van der Waals surface area contributed by atoms with Gasteiger partial charge in [-0.1, -0.05) is 67.8 Å². The molecule has 1 amide bonds. The summed E-state index contributed by atoms with van der Waals surface area (Å²) < 4.78 is 28.3. The van der Waals surface area contributed by atoms with Crippen molar-refractivity contribution in [3.05, 3.63) is 65.9 Å². The molecule has 0 radical (unpaired) electrons. The van der Waals surface area contributed by atoms with Crippen LogP contribution in [0.4, 0.5) is 0 Å². The number of fused-ring (bicyclic) bond motifs is 1. The first-order chi connectivity index (χ1) is 14.8. The standard InChI is InChI=1S/C25H30N2O3S/c1-18-11-13-20(14-12-18)17-31(29,30)24-15-27(23-10-6-4-8-21(23)24)16-25(28)26-22-9-5-3-7-19(22)2/h4,6,8,10-15,19,22H,3,5,7,9,16-17H2,1-2H3,(H,26,28). The first-order valence-corrected chi connectivity index (χ1v) is 12.6. The van der Waals surface area contributed by atoms with Gasteiger partial charge in [-0.25, -0.2) is 8.42 Å². The van der Waals surface area contributed by atoms with Crippen LogP contribution in [-0.2, 0) is 26.9 Å². The lowest BCUT2D eigenvalue weighted by Gasteiger charge is -2.29. The number of aryl methyl sites for hydroxylation is 1. The van der Waals surface area contributed by atoms with Crippen LogP contribution in [0.5, 0.6) is 0 Å². The zero-order chi connectivity index (χ0) is 22.0. The van der Waals surface area contributed by atoms with Crippen molar-refractivity contribution < 1.29 is 13.2 Å². The molecule has 0 bridgehead atoms. The maximum atomic E-state index is 13.2. The number of hydrogen-bond acceptors (Lipinski definition) is 3. The van der Waals surface area contributed by atoms with Crippen LogP contribution in [0.3, 0.4) is 0 Å². The number of benzene rings is 2. The van der Waals surface area contributed by atoms with Crippen molar-refractivity contribution in [2.45, 2.75) is 62.8 Å². The fourth-order valence-electron chi connectivity index (χ4n) is 4.51. The Morgan fingerprint density at radius 2 is 1.77 bits per heavy atom. The highest BCUT2D eigenvalue weighted by atomic mass is 32.2. The van der Waals surface area contributed by atoms with Gasteiger partial charge in [-0.3, -0.25) is 4.79 Å². The quantitative estimate of drug-likeness (QED) is 0.611. The van der Waals surface area contributed by atoms with Crippen molar-refractivity contribution in [2.24, 2.45) is 5.92 Å². The predicted molar refractivity (Wildman–Crippen MR) is 124 cm³/mol. The predicted octanol–water partition coefficient (Wildman–Crippen LogP) is 4.62. The molecule has 1 saturated carbocycles. The summed E-state index contributed by atoms with van der Waals surface area (Å²) in [6.07, 6.45) is 6.13. The summed E-state index contributed by atoms with van der Waals surface area (Å²) in [6.45, 7) is 4.28. The number of rotatable bonds is 6. The van der Waals surface area contributed by atoms with Crippen molar-refractivity contribution >= 4 is 26.6 Å². The largest absolute Gasteiger partial charge is 0.352 e. The third-order valence-electron chi connectivity index (χ3n) is 6.34. The first-order valence-electron chi connectivity index (χ1n) is 11.0. The lowest BCUT2D eigenvalue weighted by molar-refractivity contribution is -0.122. The minimum Gasteiger partial charge on any atom is -0.352 e. The molecule has 1 aliphatic rings. The summed E-state index contributed by atoms with van der Waals surface area (Å²) in [7, 11) is -3.56. The number of hydrogen-bond donors (Lipinski definition) is 1. The molecule has 1 fully saturated rings. The number of carbonyl (C=O) groups is 1. The normalized spacial score (nSPS) is 19.4. The summed E-state index contributed by atoms with van der Waals surface area (Å²) in [5.41, 5.74) is 2.61. The number of nitrogens with zero attached hydrogens (tertiary/aromatic N) is 1. The third kappa shape index (κ3) is 4.85. The van der Waals surface area contributed by atoms with Gasteiger partial charge in [-0.2, -0.15) is 0 Å². The van der Waals surface area contributed by atoms with Gasteiger partial charge in [0.25, 0.3) is 0 Å². The Labute approximate surface area is 184 Å². The monoisotopic (exact) mass is 438 g/mol. The van der Waals surface area contributed by atoms with E-state index in [-0.39, 0.29) is 29.1 Å². The number of nitrogens with one attached hydrogen (secondary N) is 1. The molecule has 31 heavy (non-hydrogen) atoms. The summed E-state index contributed by atoms with van der Waals surface area (Å²) in [6, 6.07) is 15.1. The van der Waals surface area contributed by atoms with Gasteiger partial charge in [0.15, 0.2) is 9.84 Å². The topological polar surface area (TPSA) is 68.2 Å². The molecular weight excluding hydrogens is 408 g/mol. The van der Waals surface area contributed by atoms with Crippen LogP contribution >= 0.6 is 0 Å². The Morgan fingerprint density at radius 3 is 2.52 bits per heavy atom. The van der Waals surface area contributed by atoms with Crippen molar-refractivity contribution in [2.75, 3.05) is 0 Å². The highest BCUT2D eigenvalue weighted by Gasteiger charge is 2.25. The van der Waals surface area contributed by atoms with Crippen LogP contribution in [0.1, 0.15) is 43.7 Å².